The summed E-state index contributed by atoms with van der Waals surface area (Å²) in [5.41, 5.74) is 4.79. The Hall–Kier alpha value is -2.56. The van der Waals surface area contributed by atoms with E-state index < -0.39 is 5.97 Å². The third kappa shape index (κ3) is 2.39. The highest BCUT2D eigenvalue weighted by Gasteiger charge is 2.21. The van der Waals surface area contributed by atoms with Crippen molar-refractivity contribution in [2.24, 2.45) is 0 Å². The molecule has 2 heterocycles. The molecule has 114 valence electrons. The first kappa shape index (κ1) is 14.4. The smallest absolute Gasteiger partial charge is 0.303 e. The van der Waals surface area contributed by atoms with Crippen LogP contribution in [0.5, 0.6) is 0 Å². The highest BCUT2D eigenvalue weighted by molar-refractivity contribution is 5.91. The van der Waals surface area contributed by atoms with Crippen LogP contribution in [0.1, 0.15) is 30.4 Å². The van der Waals surface area contributed by atoms with E-state index in [4.69, 9.17) is 9.63 Å². The summed E-state index contributed by atoms with van der Waals surface area (Å²) in [6, 6.07) is 7.94. The van der Waals surface area contributed by atoms with Gasteiger partial charge in [-0.3, -0.25) is 4.79 Å². The molecule has 0 aliphatic rings. The number of carboxylic acids is 1. The van der Waals surface area contributed by atoms with Crippen molar-refractivity contribution in [3.63, 3.8) is 0 Å². The Balaban J connectivity index is 2.21. The van der Waals surface area contributed by atoms with Crippen LogP contribution < -0.4 is 0 Å². The molecule has 3 aromatic rings. The average molecular weight is 298 g/mol. The van der Waals surface area contributed by atoms with Gasteiger partial charge < -0.3 is 14.6 Å². The molecule has 5 nitrogen and oxygen atoms in total. The molecule has 0 fully saturated rings. The summed E-state index contributed by atoms with van der Waals surface area (Å²) in [6.07, 6.45) is 1.34. The van der Waals surface area contributed by atoms with E-state index >= 15 is 0 Å². The maximum Gasteiger partial charge on any atom is 0.303 e. The second kappa shape index (κ2) is 5.67. The lowest BCUT2D eigenvalue weighted by molar-refractivity contribution is -0.136. The monoisotopic (exact) mass is 298 g/mol. The predicted octanol–water partition coefficient (Wildman–Crippen LogP) is 3.71. The Kier molecular flexibility index (Phi) is 3.71. The quantitative estimate of drug-likeness (QED) is 0.752. The number of nitrogens with one attached hydrogen (secondary N) is 1. The third-order valence-electron chi connectivity index (χ3n) is 3.92. The van der Waals surface area contributed by atoms with Crippen molar-refractivity contribution in [1.29, 1.82) is 0 Å². The number of nitrogens with zero attached hydrogens (tertiary/aromatic N) is 1. The van der Waals surface area contributed by atoms with Crippen molar-refractivity contribution in [2.45, 2.75) is 33.1 Å². The highest BCUT2D eigenvalue weighted by atomic mass is 16.5. The van der Waals surface area contributed by atoms with Crippen LogP contribution in [0.4, 0.5) is 0 Å². The van der Waals surface area contributed by atoms with Gasteiger partial charge in [0, 0.05) is 17.3 Å². The van der Waals surface area contributed by atoms with Crippen molar-refractivity contribution < 1.29 is 14.4 Å². The first-order valence-electron chi connectivity index (χ1n) is 7.38. The molecule has 0 amide bonds. The fourth-order valence-corrected chi connectivity index (χ4v) is 2.88. The van der Waals surface area contributed by atoms with Crippen LogP contribution in [0.15, 0.2) is 28.8 Å². The normalized spacial score (nSPS) is 11.2. The van der Waals surface area contributed by atoms with E-state index in [2.05, 4.69) is 10.1 Å². The Morgan fingerprint density at radius 1 is 1.36 bits per heavy atom. The van der Waals surface area contributed by atoms with Gasteiger partial charge in [0.25, 0.3) is 0 Å². The number of aryl methyl sites for hydroxylation is 3. The summed E-state index contributed by atoms with van der Waals surface area (Å²) in [5, 5.41) is 14.2. The van der Waals surface area contributed by atoms with E-state index in [-0.39, 0.29) is 6.42 Å². The van der Waals surface area contributed by atoms with Gasteiger partial charge >= 0.3 is 5.97 Å². The zero-order valence-corrected chi connectivity index (χ0v) is 12.6. The molecule has 3 rings (SSSR count). The highest BCUT2D eigenvalue weighted by Crippen LogP contribution is 2.35. The Morgan fingerprint density at radius 3 is 2.86 bits per heavy atom. The third-order valence-corrected chi connectivity index (χ3v) is 3.92. The van der Waals surface area contributed by atoms with Gasteiger partial charge in [-0.25, -0.2) is 0 Å². The molecule has 0 atom stereocenters. The number of H-pyrrole nitrogens is 1. The van der Waals surface area contributed by atoms with E-state index in [1.165, 1.54) is 0 Å². The number of carbonyl (C=O) groups is 1. The van der Waals surface area contributed by atoms with Crippen molar-refractivity contribution in [3.8, 4) is 11.3 Å². The minimum Gasteiger partial charge on any atom is -0.481 e. The van der Waals surface area contributed by atoms with Gasteiger partial charge in [0.15, 0.2) is 0 Å². The number of hydrogen-bond acceptors (Lipinski definition) is 3. The molecular formula is C17H18N2O3. The van der Waals surface area contributed by atoms with E-state index in [1.54, 1.807) is 0 Å². The Bertz CT molecular complexity index is 830. The number of hydrogen-bond donors (Lipinski definition) is 2. The summed E-state index contributed by atoms with van der Waals surface area (Å²) in [5.74, 6) is -0.0473. The molecule has 2 N–H and O–H groups in total. The zero-order chi connectivity index (χ0) is 15.7. The minimum atomic E-state index is -0.797. The van der Waals surface area contributed by atoms with Crippen molar-refractivity contribution in [2.75, 3.05) is 0 Å². The molecule has 22 heavy (non-hydrogen) atoms. The first-order chi connectivity index (χ1) is 10.6. The number of rotatable bonds is 5. The van der Waals surface area contributed by atoms with Crippen LogP contribution in [0.25, 0.3) is 22.2 Å². The zero-order valence-electron chi connectivity index (χ0n) is 12.6. The Morgan fingerprint density at radius 2 is 2.14 bits per heavy atom. The standard InChI is InChI=1S/C17H18N2O3/c1-3-13-16(10(2)22-19-13)17-12(8-9-15(20)21)11-6-4-5-7-14(11)18-17/h4-7,18H,3,8-9H2,1-2H3,(H,20,21). The summed E-state index contributed by atoms with van der Waals surface area (Å²) >= 11 is 0. The van der Waals surface area contributed by atoms with E-state index in [9.17, 15) is 4.79 Å². The topological polar surface area (TPSA) is 79.1 Å². The summed E-state index contributed by atoms with van der Waals surface area (Å²) in [6.45, 7) is 3.91. The van der Waals surface area contributed by atoms with Crippen LogP contribution in [-0.4, -0.2) is 21.2 Å². The molecule has 0 saturated carbocycles. The summed E-state index contributed by atoms with van der Waals surface area (Å²) < 4.78 is 5.33. The SMILES string of the molecule is CCc1noc(C)c1-c1[nH]c2ccccc2c1CCC(=O)O. The van der Waals surface area contributed by atoms with Gasteiger partial charge in [0.1, 0.15) is 5.76 Å². The molecule has 0 radical (unpaired) electrons. The van der Waals surface area contributed by atoms with Gasteiger partial charge in [-0.1, -0.05) is 30.3 Å². The molecule has 1 aromatic carbocycles. The molecule has 0 spiro atoms. The molecule has 2 aromatic heterocycles. The number of carboxylic acid groups (broad SMARTS) is 1. The Labute approximate surface area is 127 Å². The van der Waals surface area contributed by atoms with Crippen molar-refractivity contribution >= 4 is 16.9 Å². The number of benzene rings is 1. The van der Waals surface area contributed by atoms with Crippen LogP contribution in [-0.2, 0) is 17.6 Å². The van der Waals surface area contributed by atoms with E-state index in [0.29, 0.717) is 6.42 Å². The van der Waals surface area contributed by atoms with Gasteiger partial charge in [-0.2, -0.15) is 0 Å². The predicted molar refractivity (Wildman–Crippen MR) is 83.9 cm³/mol. The lowest BCUT2D eigenvalue weighted by Crippen LogP contribution is -1.99. The number of aromatic amines is 1. The van der Waals surface area contributed by atoms with E-state index in [0.717, 1.165) is 45.6 Å². The van der Waals surface area contributed by atoms with Crippen molar-refractivity contribution in [1.82, 2.24) is 10.1 Å². The number of aromatic nitrogens is 2. The fourth-order valence-electron chi connectivity index (χ4n) is 2.88. The maximum atomic E-state index is 11.0. The van der Waals surface area contributed by atoms with Gasteiger partial charge in [-0.15, -0.1) is 0 Å². The molecule has 0 unspecified atom stereocenters. The molecule has 0 aliphatic carbocycles. The molecule has 0 saturated heterocycles. The second-order valence-electron chi connectivity index (χ2n) is 5.33. The first-order valence-corrected chi connectivity index (χ1v) is 7.38. The van der Waals surface area contributed by atoms with Crippen LogP contribution in [0, 0.1) is 6.92 Å². The van der Waals surface area contributed by atoms with Gasteiger partial charge in [0.2, 0.25) is 0 Å². The molecular weight excluding hydrogens is 280 g/mol. The second-order valence-corrected chi connectivity index (χ2v) is 5.33. The maximum absolute atomic E-state index is 11.0. The fraction of sp³-hybridized carbons (Fsp3) is 0.294. The average Bonchev–Trinajstić information content (AvgIpc) is 3.04. The molecule has 0 aliphatic heterocycles. The molecule has 0 bridgehead atoms. The lowest BCUT2D eigenvalue weighted by atomic mass is 9.99. The van der Waals surface area contributed by atoms with Gasteiger partial charge in [-0.05, 0) is 31.4 Å². The summed E-state index contributed by atoms with van der Waals surface area (Å²) in [7, 11) is 0. The van der Waals surface area contributed by atoms with Crippen LogP contribution in [0.2, 0.25) is 0 Å². The van der Waals surface area contributed by atoms with Crippen LogP contribution in [0.3, 0.4) is 0 Å². The molecule has 5 heteroatoms. The number of fused-ring (bicyclic) bond motifs is 1. The number of para-hydroxylation sites is 1. The van der Waals surface area contributed by atoms with E-state index in [1.807, 2.05) is 38.1 Å². The van der Waals surface area contributed by atoms with Gasteiger partial charge in [0.05, 0.1) is 17.0 Å². The lowest BCUT2D eigenvalue weighted by Gasteiger charge is -2.04. The van der Waals surface area contributed by atoms with Crippen molar-refractivity contribution in [3.05, 3.63) is 41.3 Å². The van der Waals surface area contributed by atoms with Crippen LogP contribution >= 0.6 is 0 Å². The summed E-state index contributed by atoms with van der Waals surface area (Å²) in [4.78, 5) is 14.4. The minimum absolute atomic E-state index is 0.0979. The largest absolute Gasteiger partial charge is 0.481 e. The number of aliphatic carboxylic acids is 1.